The van der Waals surface area contributed by atoms with Crippen molar-refractivity contribution in [1.82, 2.24) is 0 Å². The van der Waals surface area contributed by atoms with Crippen LogP contribution in [0, 0.1) is 5.92 Å². The molecule has 4 nitrogen and oxygen atoms in total. The lowest BCUT2D eigenvalue weighted by atomic mass is 10.2. The summed E-state index contributed by atoms with van der Waals surface area (Å²) < 4.78 is 10.9. The van der Waals surface area contributed by atoms with Crippen molar-refractivity contribution in [2.45, 2.75) is 26.5 Å². The Hall–Kier alpha value is -1.10. The summed E-state index contributed by atoms with van der Waals surface area (Å²) in [4.78, 5) is 0. The molecule has 102 valence electrons. The highest BCUT2D eigenvalue weighted by Gasteiger charge is 2.08. The van der Waals surface area contributed by atoms with Crippen molar-refractivity contribution in [2.75, 3.05) is 19.8 Å². The third-order valence-electron chi connectivity index (χ3n) is 2.39. The van der Waals surface area contributed by atoms with Gasteiger partial charge in [0, 0.05) is 18.7 Å². The van der Waals surface area contributed by atoms with E-state index in [1.165, 1.54) is 0 Å². The quantitative estimate of drug-likeness (QED) is 0.738. The maximum Gasteiger partial charge on any atom is 0.123 e. The molecule has 0 aliphatic heterocycles. The fraction of sp³-hybridized carbons (Fsp3) is 0.571. The Kier molecular flexibility index (Phi) is 6.72. The van der Waals surface area contributed by atoms with Crippen LogP contribution >= 0.6 is 0 Å². The number of hydrogen-bond donors (Lipinski definition) is 2. The van der Waals surface area contributed by atoms with Crippen LogP contribution in [0.3, 0.4) is 0 Å². The molecule has 0 amide bonds. The van der Waals surface area contributed by atoms with Crippen LogP contribution < -0.4 is 10.5 Å². The topological polar surface area (TPSA) is 64.7 Å². The monoisotopic (exact) mass is 253 g/mol. The van der Waals surface area contributed by atoms with Crippen molar-refractivity contribution >= 4 is 0 Å². The van der Waals surface area contributed by atoms with Gasteiger partial charge in [-0.3, -0.25) is 0 Å². The zero-order valence-electron chi connectivity index (χ0n) is 11.1. The van der Waals surface area contributed by atoms with E-state index < -0.39 is 6.10 Å². The third kappa shape index (κ3) is 5.49. The average Bonchev–Trinajstić information content (AvgIpc) is 2.36. The first-order chi connectivity index (χ1) is 8.63. The second-order valence-electron chi connectivity index (χ2n) is 4.71. The van der Waals surface area contributed by atoms with Gasteiger partial charge in [0.25, 0.3) is 0 Å². The smallest absolute Gasteiger partial charge is 0.123 e. The first kappa shape index (κ1) is 15.0. The van der Waals surface area contributed by atoms with Crippen molar-refractivity contribution in [3.63, 3.8) is 0 Å². The number of nitrogens with two attached hydrogens (primary N) is 1. The summed E-state index contributed by atoms with van der Waals surface area (Å²) in [5.41, 5.74) is 6.54. The molecule has 0 aliphatic rings. The molecular formula is C14H23NO3. The molecule has 1 aromatic rings. The molecule has 1 aromatic carbocycles. The van der Waals surface area contributed by atoms with Gasteiger partial charge in [0.15, 0.2) is 0 Å². The summed E-state index contributed by atoms with van der Waals surface area (Å²) in [6.45, 7) is 5.73. The average molecular weight is 253 g/mol. The van der Waals surface area contributed by atoms with Gasteiger partial charge in [-0.15, -0.1) is 0 Å². The van der Waals surface area contributed by atoms with Crippen LogP contribution in [0.5, 0.6) is 5.75 Å². The van der Waals surface area contributed by atoms with Crippen LogP contribution in [0.25, 0.3) is 0 Å². The minimum Gasteiger partial charge on any atom is -0.490 e. The van der Waals surface area contributed by atoms with Crippen molar-refractivity contribution in [2.24, 2.45) is 11.7 Å². The minimum absolute atomic E-state index is 0.217. The third-order valence-corrected chi connectivity index (χ3v) is 2.39. The van der Waals surface area contributed by atoms with E-state index in [9.17, 15) is 5.11 Å². The van der Waals surface area contributed by atoms with Crippen LogP contribution in [0.15, 0.2) is 24.3 Å². The van der Waals surface area contributed by atoms with Gasteiger partial charge >= 0.3 is 0 Å². The molecule has 4 heteroatoms. The van der Waals surface area contributed by atoms with E-state index in [1.54, 1.807) is 0 Å². The Balaban J connectivity index is 2.31. The summed E-state index contributed by atoms with van der Waals surface area (Å²) in [5, 5.41) is 9.71. The number of para-hydroxylation sites is 1. The SMILES string of the molecule is CC(C)COCC(O)COc1ccccc1CN. The highest BCUT2D eigenvalue weighted by molar-refractivity contribution is 5.32. The molecule has 0 aliphatic carbocycles. The normalized spacial score (nSPS) is 12.7. The van der Waals surface area contributed by atoms with E-state index in [-0.39, 0.29) is 6.61 Å². The minimum atomic E-state index is -0.616. The number of ether oxygens (including phenoxy) is 2. The van der Waals surface area contributed by atoms with E-state index in [0.29, 0.717) is 25.7 Å². The Morgan fingerprint density at radius 1 is 1.17 bits per heavy atom. The molecule has 1 atom stereocenters. The second-order valence-corrected chi connectivity index (χ2v) is 4.71. The molecule has 0 spiro atoms. The van der Waals surface area contributed by atoms with Crippen LogP contribution in [-0.4, -0.2) is 31.0 Å². The second kappa shape index (κ2) is 8.08. The first-order valence-corrected chi connectivity index (χ1v) is 6.30. The fourth-order valence-electron chi connectivity index (χ4n) is 1.49. The number of rotatable bonds is 8. The molecule has 0 aromatic heterocycles. The number of aliphatic hydroxyl groups is 1. The molecule has 0 fully saturated rings. The molecule has 0 radical (unpaired) electrons. The van der Waals surface area contributed by atoms with Gasteiger partial charge in [-0.25, -0.2) is 0 Å². The number of benzene rings is 1. The molecule has 0 saturated heterocycles. The maximum atomic E-state index is 9.71. The van der Waals surface area contributed by atoms with E-state index in [0.717, 1.165) is 11.3 Å². The predicted molar refractivity (Wildman–Crippen MR) is 71.5 cm³/mol. The summed E-state index contributed by atoms with van der Waals surface area (Å²) in [6, 6.07) is 7.56. The Bertz CT molecular complexity index is 342. The summed E-state index contributed by atoms with van der Waals surface area (Å²) in [7, 11) is 0. The number of aliphatic hydroxyl groups excluding tert-OH is 1. The molecule has 1 rings (SSSR count). The van der Waals surface area contributed by atoms with Gasteiger partial charge in [0.05, 0.1) is 6.61 Å². The van der Waals surface area contributed by atoms with E-state index in [4.69, 9.17) is 15.2 Å². The maximum absolute atomic E-state index is 9.71. The Morgan fingerprint density at radius 2 is 1.89 bits per heavy atom. The van der Waals surface area contributed by atoms with Crippen LogP contribution in [0.4, 0.5) is 0 Å². The zero-order chi connectivity index (χ0) is 13.4. The molecule has 18 heavy (non-hydrogen) atoms. The predicted octanol–water partition coefficient (Wildman–Crippen LogP) is 1.56. The largest absolute Gasteiger partial charge is 0.490 e. The summed E-state index contributed by atoms with van der Waals surface area (Å²) >= 11 is 0. The molecular weight excluding hydrogens is 230 g/mol. The lowest BCUT2D eigenvalue weighted by molar-refractivity contribution is 0.00379. The standard InChI is InChI=1S/C14H23NO3/c1-11(2)8-17-9-13(16)10-18-14-6-4-3-5-12(14)7-15/h3-6,11,13,16H,7-10,15H2,1-2H3. The van der Waals surface area contributed by atoms with Gasteiger partial charge in [0.2, 0.25) is 0 Å². The lowest BCUT2D eigenvalue weighted by Crippen LogP contribution is -2.24. The molecule has 0 saturated carbocycles. The van der Waals surface area contributed by atoms with Crippen LogP contribution in [0.1, 0.15) is 19.4 Å². The molecule has 3 N–H and O–H groups in total. The lowest BCUT2D eigenvalue weighted by Gasteiger charge is -2.15. The van der Waals surface area contributed by atoms with Gasteiger partial charge in [0.1, 0.15) is 18.5 Å². The van der Waals surface area contributed by atoms with Crippen LogP contribution in [-0.2, 0) is 11.3 Å². The summed E-state index contributed by atoms with van der Waals surface area (Å²) in [5.74, 6) is 1.19. The summed E-state index contributed by atoms with van der Waals surface area (Å²) in [6.07, 6.45) is -0.616. The molecule has 0 heterocycles. The van der Waals surface area contributed by atoms with Gasteiger partial charge in [-0.2, -0.15) is 0 Å². The molecule has 0 bridgehead atoms. The first-order valence-electron chi connectivity index (χ1n) is 6.30. The van der Waals surface area contributed by atoms with Crippen LogP contribution in [0.2, 0.25) is 0 Å². The van der Waals surface area contributed by atoms with Crippen molar-refractivity contribution < 1.29 is 14.6 Å². The zero-order valence-corrected chi connectivity index (χ0v) is 11.1. The van der Waals surface area contributed by atoms with Gasteiger partial charge in [-0.05, 0) is 12.0 Å². The van der Waals surface area contributed by atoms with E-state index >= 15 is 0 Å². The van der Waals surface area contributed by atoms with E-state index in [2.05, 4.69) is 13.8 Å². The Morgan fingerprint density at radius 3 is 2.56 bits per heavy atom. The van der Waals surface area contributed by atoms with E-state index in [1.807, 2.05) is 24.3 Å². The van der Waals surface area contributed by atoms with Crippen molar-refractivity contribution in [1.29, 1.82) is 0 Å². The Labute approximate surface area is 109 Å². The fourth-order valence-corrected chi connectivity index (χ4v) is 1.49. The van der Waals surface area contributed by atoms with Gasteiger partial charge in [-0.1, -0.05) is 32.0 Å². The van der Waals surface area contributed by atoms with Gasteiger partial charge < -0.3 is 20.3 Å². The molecule has 1 unspecified atom stereocenters. The van der Waals surface area contributed by atoms with Crippen molar-refractivity contribution in [3.05, 3.63) is 29.8 Å². The highest BCUT2D eigenvalue weighted by Crippen LogP contribution is 2.17. The van der Waals surface area contributed by atoms with Crippen molar-refractivity contribution in [3.8, 4) is 5.75 Å². The highest BCUT2D eigenvalue weighted by atomic mass is 16.5. The number of hydrogen-bond acceptors (Lipinski definition) is 4.